The first-order chi connectivity index (χ1) is 6.97. The first-order valence-electron chi connectivity index (χ1n) is 4.42. The predicted octanol–water partition coefficient (Wildman–Crippen LogP) is 3.62. The van der Waals surface area contributed by atoms with E-state index in [1.807, 2.05) is 12.1 Å². The first kappa shape index (κ1) is 10.2. The van der Waals surface area contributed by atoms with Crippen LogP contribution in [0.5, 0.6) is 0 Å². The van der Waals surface area contributed by atoms with Gasteiger partial charge in [-0.1, -0.05) is 60.7 Å². The zero-order valence-corrected chi connectivity index (χ0v) is 7.98. The maximum absolute atomic E-state index is 5.50. The highest BCUT2D eigenvalue weighted by Crippen LogP contribution is 2.17. The summed E-state index contributed by atoms with van der Waals surface area (Å²) in [5, 5.41) is 5.50. The predicted molar refractivity (Wildman–Crippen MR) is 61.7 cm³/mol. The van der Waals surface area contributed by atoms with Crippen LogP contribution < -0.4 is 0 Å². The van der Waals surface area contributed by atoms with E-state index in [-0.39, 0.29) is 0 Å². The molecule has 0 saturated heterocycles. The maximum Gasteiger partial charge on any atom is -0.0184 e. The molecule has 0 aromatic heterocycles. The molecule has 0 aliphatic carbocycles. The number of hydrogen-bond acceptors (Lipinski definition) is 1. The molecule has 0 aliphatic heterocycles. The number of hydrogen-bond donors (Lipinski definition) is 1. The van der Waals surface area contributed by atoms with E-state index in [0.29, 0.717) is 0 Å². The summed E-state index contributed by atoms with van der Waals surface area (Å²) in [6.07, 6.45) is 0. The Morgan fingerprint density at radius 1 is 0.571 bits per heavy atom. The van der Waals surface area contributed by atoms with Crippen LogP contribution in [0, 0.1) is 5.41 Å². The second kappa shape index (κ2) is 5.70. The molecule has 0 heterocycles. The van der Waals surface area contributed by atoms with Crippen LogP contribution in [0.2, 0.25) is 0 Å². The van der Waals surface area contributed by atoms with Gasteiger partial charge < -0.3 is 5.41 Å². The van der Waals surface area contributed by atoms with Gasteiger partial charge in [0.05, 0.1) is 0 Å². The Morgan fingerprint density at radius 3 is 1.14 bits per heavy atom. The lowest BCUT2D eigenvalue weighted by Crippen LogP contribution is -1.73. The molecule has 0 amide bonds. The fraction of sp³-hybridized carbons (Fsp3) is 0. The average Bonchev–Trinajstić information content (AvgIpc) is 2.34. The Balaban J connectivity index is 0.000000461. The van der Waals surface area contributed by atoms with E-state index in [9.17, 15) is 0 Å². The van der Waals surface area contributed by atoms with Crippen molar-refractivity contribution < 1.29 is 0 Å². The van der Waals surface area contributed by atoms with Crippen molar-refractivity contribution in [1.82, 2.24) is 0 Å². The van der Waals surface area contributed by atoms with Gasteiger partial charge in [-0.15, -0.1) is 0 Å². The highest BCUT2D eigenvalue weighted by molar-refractivity contribution is 5.62. The summed E-state index contributed by atoms with van der Waals surface area (Å²) in [4.78, 5) is 0. The summed E-state index contributed by atoms with van der Waals surface area (Å²) in [5.74, 6) is 0. The van der Waals surface area contributed by atoms with Crippen LogP contribution in [0.4, 0.5) is 0 Å². The largest absolute Gasteiger partial charge is 0.317 e. The average molecular weight is 183 g/mol. The van der Waals surface area contributed by atoms with E-state index >= 15 is 0 Å². The Bertz CT molecular complexity index is 316. The molecule has 14 heavy (non-hydrogen) atoms. The van der Waals surface area contributed by atoms with Gasteiger partial charge >= 0.3 is 0 Å². The molecule has 0 spiro atoms. The van der Waals surface area contributed by atoms with Gasteiger partial charge in [0, 0.05) is 0 Å². The molecule has 0 aliphatic rings. The third kappa shape index (κ3) is 2.56. The maximum atomic E-state index is 5.50. The van der Waals surface area contributed by atoms with Crippen molar-refractivity contribution in [2.45, 2.75) is 0 Å². The molecule has 2 rings (SSSR count). The second-order valence-corrected chi connectivity index (χ2v) is 2.73. The lowest BCUT2D eigenvalue weighted by atomic mass is 10.1. The standard InChI is InChI=1S/C12H10.CH3N/c1-3-7-11(8-4-1)12-9-5-2-6-10-12;1-2/h1-10H;2H,1H2. The number of rotatable bonds is 1. The minimum Gasteiger partial charge on any atom is -0.317 e. The van der Waals surface area contributed by atoms with Crippen molar-refractivity contribution in [3.05, 3.63) is 60.7 Å². The first-order valence-corrected chi connectivity index (χ1v) is 4.42. The zero-order valence-electron chi connectivity index (χ0n) is 7.98. The molecule has 1 N–H and O–H groups in total. The Hall–Kier alpha value is -1.89. The van der Waals surface area contributed by atoms with Gasteiger partial charge in [-0.05, 0) is 17.8 Å². The Kier molecular flexibility index (Phi) is 4.15. The van der Waals surface area contributed by atoms with Gasteiger partial charge in [-0.25, -0.2) is 0 Å². The van der Waals surface area contributed by atoms with Crippen LogP contribution in [0.15, 0.2) is 60.7 Å². The summed E-state index contributed by atoms with van der Waals surface area (Å²) in [6, 6.07) is 20.8. The van der Waals surface area contributed by atoms with Crippen molar-refractivity contribution in [2.24, 2.45) is 0 Å². The zero-order chi connectivity index (χ0) is 10.2. The monoisotopic (exact) mass is 183 g/mol. The molecule has 70 valence electrons. The van der Waals surface area contributed by atoms with Crippen LogP contribution in [0.3, 0.4) is 0 Å². The molecule has 0 saturated carbocycles. The minimum absolute atomic E-state index is 1.28. The molecule has 0 radical (unpaired) electrons. The molecular formula is C13H13N. The Morgan fingerprint density at radius 2 is 0.857 bits per heavy atom. The van der Waals surface area contributed by atoms with Crippen LogP contribution in [0.25, 0.3) is 11.1 Å². The normalized spacial score (nSPS) is 8.57. The second-order valence-electron chi connectivity index (χ2n) is 2.73. The van der Waals surface area contributed by atoms with E-state index < -0.39 is 0 Å². The highest BCUT2D eigenvalue weighted by atomic mass is 14.2. The van der Waals surface area contributed by atoms with E-state index in [0.717, 1.165) is 0 Å². The van der Waals surface area contributed by atoms with Crippen LogP contribution >= 0.6 is 0 Å². The lowest BCUT2D eigenvalue weighted by molar-refractivity contribution is 1.61. The highest BCUT2D eigenvalue weighted by Gasteiger charge is 1.91. The van der Waals surface area contributed by atoms with Crippen molar-refractivity contribution in [3.8, 4) is 11.1 Å². The fourth-order valence-electron chi connectivity index (χ4n) is 1.26. The van der Waals surface area contributed by atoms with E-state index in [1.54, 1.807) is 0 Å². The summed E-state index contributed by atoms with van der Waals surface area (Å²) in [6.45, 7) is 2.50. The van der Waals surface area contributed by atoms with Gasteiger partial charge in [-0.2, -0.15) is 0 Å². The van der Waals surface area contributed by atoms with Gasteiger partial charge in [0.25, 0.3) is 0 Å². The summed E-state index contributed by atoms with van der Waals surface area (Å²) >= 11 is 0. The van der Waals surface area contributed by atoms with Crippen molar-refractivity contribution >= 4 is 6.72 Å². The van der Waals surface area contributed by atoms with E-state index in [1.165, 1.54) is 11.1 Å². The fourth-order valence-corrected chi connectivity index (χ4v) is 1.26. The van der Waals surface area contributed by atoms with Gasteiger partial charge in [0.2, 0.25) is 0 Å². The summed E-state index contributed by atoms with van der Waals surface area (Å²) in [7, 11) is 0. The van der Waals surface area contributed by atoms with Gasteiger partial charge in [0.15, 0.2) is 0 Å². The van der Waals surface area contributed by atoms with Crippen LogP contribution in [-0.2, 0) is 0 Å². The molecule has 1 nitrogen and oxygen atoms in total. The number of benzene rings is 2. The topological polar surface area (TPSA) is 23.9 Å². The number of nitrogens with one attached hydrogen (secondary N) is 1. The minimum atomic E-state index is 1.28. The van der Waals surface area contributed by atoms with Crippen molar-refractivity contribution in [1.29, 1.82) is 5.41 Å². The molecule has 2 aromatic carbocycles. The lowest BCUT2D eigenvalue weighted by Gasteiger charge is -1.98. The van der Waals surface area contributed by atoms with Crippen molar-refractivity contribution in [3.63, 3.8) is 0 Å². The smallest absolute Gasteiger partial charge is 0.0184 e. The third-order valence-corrected chi connectivity index (χ3v) is 1.88. The van der Waals surface area contributed by atoms with Crippen LogP contribution in [0.1, 0.15) is 0 Å². The Labute approximate surface area is 84.5 Å². The SMILES string of the molecule is C=N.c1ccc(-c2ccccc2)cc1. The quantitative estimate of drug-likeness (QED) is 0.653. The van der Waals surface area contributed by atoms with Gasteiger partial charge in [0.1, 0.15) is 0 Å². The summed E-state index contributed by atoms with van der Waals surface area (Å²) in [5.41, 5.74) is 2.55. The molecule has 0 bridgehead atoms. The van der Waals surface area contributed by atoms with Crippen molar-refractivity contribution in [2.75, 3.05) is 0 Å². The molecule has 2 aromatic rings. The van der Waals surface area contributed by atoms with Crippen LogP contribution in [-0.4, -0.2) is 6.72 Å². The summed E-state index contributed by atoms with van der Waals surface area (Å²) < 4.78 is 0. The molecule has 0 atom stereocenters. The third-order valence-electron chi connectivity index (χ3n) is 1.88. The van der Waals surface area contributed by atoms with Gasteiger partial charge in [-0.3, -0.25) is 0 Å². The molecule has 0 fully saturated rings. The molecular weight excluding hydrogens is 170 g/mol. The molecule has 1 heteroatoms. The van der Waals surface area contributed by atoms with E-state index in [2.05, 4.69) is 55.2 Å². The molecule has 0 unspecified atom stereocenters. The van der Waals surface area contributed by atoms with E-state index in [4.69, 9.17) is 5.41 Å².